The van der Waals surface area contributed by atoms with Crippen molar-refractivity contribution in [2.45, 2.75) is 43.9 Å². The lowest BCUT2D eigenvalue weighted by molar-refractivity contribution is 0.464. The smallest absolute Gasteiger partial charge is 0.137 e. The van der Waals surface area contributed by atoms with E-state index in [1.165, 1.54) is 0 Å². The summed E-state index contributed by atoms with van der Waals surface area (Å²) in [5, 5.41) is 4.89. The maximum atomic E-state index is 12.1. The van der Waals surface area contributed by atoms with E-state index >= 15 is 0 Å². The van der Waals surface area contributed by atoms with E-state index < -0.39 is 10.8 Å². The molecular formula is C16H20BrN3OS. The Morgan fingerprint density at radius 1 is 1.36 bits per heavy atom. The second kappa shape index (κ2) is 7.04. The van der Waals surface area contributed by atoms with E-state index in [-0.39, 0.29) is 0 Å². The van der Waals surface area contributed by atoms with Gasteiger partial charge in [-0.3, -0.25) is 4.21 Å². The van der Waals surface area contributed by atoms with Gasteiger partial charge in [0.2, 0.25) is 0 Å². The highest BCUT2D eigenvalue weighted by Gasteiger charge is 2.26. The summed E-state index contributed by atoms with van der Waals surface area (Å²) in [4.78, 5) is 8.73. The van der Waals surface area contributed by atoms with Gasteiger partial charge in [0, 0.05) is 37.7 Å². The maximum Gasteiger partial charge on any atom is 0.137 e. The molecule has 2 aromatic rings. The SMILES string of the molecule is CCS(=O)C1CCCC(Nc2ncnc3ccc(Br)cc23)C1. The molecule has 1 heterocycles. The molecule has 1 aromatic heterocycles. The van der Waals surface area contributed by atoms with Gasteiger partial charge >= 0.3 is 0 Å². The first-order valence-corrected chi connectivity index (χ1v) is 9.89. The summed E-state index contributed by atoms with van der Waals surface area (Å²) in [6.45, 7) is 2.00. The Balaban J connectivity index is 1.81. The number of halogens is 1. The molecule has 0 saturated heterocycles. The Morgan fingerprint density at radius 3 is 3.05 bits per heavy atom. The molecule has 6 heteroatoms. The van der Waals surface area contributed by atoms with Crippen molar-refractivity contribution in [1.82, 2.24) is 9.97 Å². The zero-order chi connectivity index (χ0) is 15.5. The van der Waals surface area contributed by atoms with Crippen molar-refractivity contribution in [2.75, 3.05) is 11.1 Å². The number of aromatic nitrogens is 2. The van der Waals surface area contributed by atoms with Crippen LogP contribution in [0.15, 0.2) is 29.0 Å². The van der Waals surface area contributed by atoms with Crippen LogP contribution in [0.25, 0.3) is 10.9 Å². The third-order valence-electron chi connectivity index (χ3n) is 4.22. The monoisotopic (exact) mass is 381 g/mol. The first kappa shape index (κ1) is 15.9. The van der Waals surface area contributed by atoms with Gasteiger partial charge < -0.3 is 5.32 Å². The van der Waals surface area contributed by atoms with Crippen LogP contribution in [-0.4, -0.2) is 31.2 Å². The minimum absolute atomic E-state index is 0.316. The Kier molecular flexibility index (Phi) is 5.08. The van der Waals surface area contributed by atoms with Crippen LogP contribution < -0.4 is 5.32 Å². The van der Waals surface area contributed by atoms with E-state index in [9.17, 15) is 4.21 Å². The number of nitrogens with one attached hydrogen (secondary N) is 1. The Hall–Kier alpha value is -1.01. The van der Waals surface area contributed by atoms with Crippen molar-refractivity contribution >= 4 is 43.5 Å². The Bertz CT molecular complexity index is 694. The zero-order valence-corrected chi connectivity index (χ0v) is 15.0. The largest absolute Gasteiger partial charge is 0.367 e. The van der Waals surface area contributed by atoms with Gasteiger partial charge in [0.15, 0.2) is 0 Å². The predicted molar refractivity (Wildman–Crippen MR) is 95.6 cm³/mol. The molecule has 4 nitrogen and oxygen atoms in total. The molecular weight excluding hydrogens is 362 g/mol. The van der Waals surface area contributed by atoms with Crippen LogP contribution in [0.3, 0.4) is 0 Å². The minimum Gasteiger partial charge on any atom is -0.367 e. The van der Waals surface area contributed by atoms with E-state index in [4.69, 9.17) is 0 Å². The highest BCUT2D eigenvalue weighted by molar-refractivity contribution is 9.10. The van der Waals surface area contributed by atoms with Gasteiger partial charge in [-0.1, -0.05) is 29.3 Å². The topological polar surface area (TPSA) is 54.9 Å². The van der Waals surface area contributed by atoms with Gasteiger partial charge in [-0.25, -0.2) is 9.97 Å². The van der Waals surface area contributed by atoms with Crippen LogP contribution >= 0.6 is 15.9 Å². The second-order valence-electron chi connectivity index (χ2n) is 5.68. The van der Waals surface area contributed by atoms with Gasteiger partial charge in [-0.05, 0) is 37.5 Å². The fourth-order valence-electron chi connectivity index (χ4n) is 3.09. The highest BCUT2D eigenvalue weighted by Crippen LogP contribution is 2.28. The average molecular weight is 382 g/mol. The quantitative estimate of drug-likeness (QED) is 0.872. The fourth-order valence-corrected chi connectivity index (χ4v) is 4.80. The number of anilines is 1. The lowest BCUT2D eigenvalue weighted by atomic mass is 9.95. The third kappa shape index (κ3) is 3.49. The van der Waals surface area contributed by atoms with Gasteiger partial charge in [-0.2, -0.15) is 0 Å². The van der Waals surface area contributed by atoms with Crippen LogP contribution in [0.1, 0.15) is 32.6 Å². The molecule has 22 heavy (non-hydrogen) atoms. The van der Waals surface area contributed by atoms with E-state index in [0.717, 1.165) is 52.6 Å². The number of fused-ring (bicyclic) bond motifs is 1. The van der Waals surface area contributed by atoms with Crippen molar-refractivity contribution in [3.8, 4) is 0 Å². The van der Waals surface area contributed by atoms with Crippen LogP contribution in [0.5, 0.6) is 0 Å². The minimum atomic E-state index is -0.703. The molecule has 1 N–H and O–H groups in total. The predicted octanol–water partition coefficient (Wildman–Crippen LogP) is 3.88. The molecule has 3 unspecified atom stereocenters. The molecule has 1 aromatic carbocycles. The van der Waals surface area contributed by atoms with Gasteiger partial charge in [0.1, 0.15) is 12.1 Å². The molecule has 3 atom stereocenters. The van der Waals surface area contributed by atoms with Crippen LogP contribution in [0.2, 0.25) is 0 Å². The molecule has 118 valence electrons. The van der Waals surface area contributed by atoms with E-state index in [2.05, 4.69) is 31.2 Å². The normalized spacial score (nSPS) is 23.4. The van der Waals surface area contributed by atoms with E-state index in [1.54, 1.807) is 6.33 Å². The number of rotatable bonds is 4. The van der Waals surface area contributed by atoms with E-state index in [0.29, 0.717) is 11.3 Å². The first-order valence-electron chi connectivity index (χ1n) is 7.71. The number of hydrogen-bond donors (Lipinski definition) is 1. The molecule has 3 rings (SSSR count). The number of nitrogens with zero attached hydrogens (tertiary/aromatic N) is 2. The molecule has 0 amide bonds. The molecule has 0 radical (unpaired) electrons. The molecule has 1 fully saturated rings. The summed E-state index contributed by atoms with van der Waals surface area (Å²) >= 11 is 3.51. The molecule has 0 bridgehead atoms. The fraction of sp³-hybridized carbons (Fsp3) is 0.500. The molecule has 1 aliphatic carbocycles. The first-order chi connectivity index (χ1) is 10.7. The summed E-state index contributed by atoms with van der Waals surface area (Å²) in [5.41, 5.74) is 0.935. The summed E-state index contributed by atoms with van der Waals surface area (Å²) in [6, 6.07) is 6.36. The summed E-state index contributed by atoms with van der Waals surface area (Å²) < 4.78 is 13.1. The average Bonchev–Trinajstić information content (AvgIpc) is 2.55. The van der Waals surface area contributed by atoms with Gasteiger partial charge in [0.05, 0.1) is 5.52 Å². The Morgan fingerprint density at radius 2 is 2.23 bits per heavy atom. The second-order valence-corrected chi connectivity index (χ2v) is 8.60. The van der Waals surface area contributed by atoms with Crippen LogP contribution in [0, 0.1) is 0 Å². The maximum absolute atomic E-state index is 12.1. The zero-order valence-electron chi connectivity index (χ0n) is 12.6. The van der Waals surface area contributed by atoms with Crippen LogP contribution in [0.4, 0.5) is 5.82 Å². The lowest BCUT2D eigenvalue weighted by Crippen LogP contribution is -2.33. The Labute approximate surface area is 141 Å². The summed E-state index contributed by atoms with van der Waals surface area (Å²) in [5.74, 6) is 1.63. The molecule has 0 aliphatic heterocycles. The van der Waals surface area contributed by atoms with Crippen LogP contribution in [-0.2, 0) is 10.8 Å². The van der Waals surface area contributed by atoms with E-state index in [1.807, 2.05) is 25.1 Å². The summed E-state index contributed by atoms with van der Waals surface area (Å²) in [6.07, 6.45) is 5.87. The molecule has 1 saturated carbocycles. The van der Waals surface area contributed by atoms with Crippen molar-refractivity contribution in [1.29, 1.82) is 0 Å². The molecule has 1 aliphatic rings. The van der Waals surface area contributed by atoms with Crippen molar-refractivity contribution in [3.05, 3.63) is 29.0 Å². The highest BCUT2D eigenvalue weighted by atomic mass is 79.9. The van der Waals surface area contributed by atoms with Crippen molar-refractivity contribution in [3.63, 3.8) is 0 Å². The number of benzene rings is 1. The van der Waals surface area contributed by atoms with Gasteiger partial charge in [-0.15, -0.1) is 0 Å². The lowest BCUT2D eigenvalue weighted by Gasteiger charge is -2.29. The van der Waals surface area contributed by atoms with Crippen molar-refractivity contribution in [2.24, 2.45) is 0 Å². The standard InChI is InChI=1S/C16H20BrN3OS/c1-2-22(21)13-5-3-4-12(9-13)20-16-14-8-11(17)6-7-15(14)18-10-19-16/h6-8,10,12-13H,2-5,9H2,1H3,(H,18,19,20). The third-order valence-corrected chi connectivity index (χ3v) is 6.45. The molecule has 0 spiro atoms. The summed E-state index contributed by atoms with van der Waals surface area (Å²) in [7, 11) is -0.703. The van der Waals surface area contributed by atoms with Crippen molar-refractivity contribution < 1.29 is 4.21 Å². The number of hydrogen-bond acceptors (Lipinski definition) is 4. The van der Waals surface area contributed by atoms with Gasteiger partial charge in [0.25, 0.3) is 0 Å².